The smallest absolute Gasteiger partial charge is 0.137 e. The number of aliphatic imine (C=N–C) groups is 1. The van der Waals surface area contributed by atoms with Gasteiger partial charge < -0.3 is 5.32 Å². The molecule has 1 heterocycles. The first-order valence-electron chi connectivity index (χ1n) is 10.4. The van der Waals surface area contributed by atoms with Gasteiger partial charge in [-0.1, -0.05) is 48.9 Å². The first kappa shape index (κ1) is 21.4. The summed E-state index contributed by atoms with van der Waals surface area (Å²) in [6.07, 6.45) is 8.99. The van der Waals surface area contributed by atoms with Gasteiger partial charge in [0, 0.05) is 24.7 Å². The molecule has 0 unspecified atom stereocenters. The lowest BCUT2D eigenvalue weighted by molar-refractivity contribution is 1.13. The molecule has 3 rings (SSSR count). The molecule has 0 aliphatic rings. The number of hydrogen-bond donors (Lipinski definition) is 1. The minimum Gasteiger partial charge on any atom is -0.365 e. The zero-order valence-corrected chi connectivity index (χ0v) is 18.5. The molecule has 2 aromatic carbocycles. The fourth-order valence-electron chi connectivity index (χ4n) is 3.35. The topological polar surface area (TPSA) is 50.2 Å². The van der Waals surface area contributed by atoms with E-state index in [1.54, 1.807) is 6.33 Å². The van der Waals surface area contributed by atoms with Gasteiger partial charge in [0.2, 0.25) is 0 Å². The van der Waals surface area contributed by atoms with Gasteiger partial charge in [0.25, 0.3) is 0 Å². The molecule has 4 nitrogen and oxygen atoms in total. The molecule has 1 aromatic heterocycles. The van der Waals surface area contributed by atoms with Crippen LogP contribution >= 0.6 is 0 Å². The van der Waals surface area contributed by atoms with Crippen molar-refractivity contribution in [2.24, 2.45) is 4.99 Å². The van der Waals surface area contributed by atoms with Crippen molar-refractivity contribution in [2.75, 3.05) is 18.9 Å². The zero-order chi connectivity index (χ0) is 21.5. The third-order valence-corrected chi connectivity index (χ3v) is 5.13. The van der Waals surface area contributed by atoms with Crippen molar-refractivity contribution in [2.45, 2.75) is 34.1 Å². The van der Waals surface area contributed by atoms with Crippen LogP contribution in [0.2, 0.25) is 0 Å². The van der Waals surface area contributed by atoms with Crippen LogP contribution in [0.5, 0.6) is 0 Å². The first-order chi connectivity index (χ1) is 14.5. The lowest BCUT2D eigenvalue weighted by Gasteiger charge is -2.12. The quantitative estimate of drug-likeness (QED) is 0.375. The Labute approximate surface area is 179 Å². The van der Waals surface area contributed by atoms with E-state index in [9.17, 15) is 0 Å². The van der Waals surface area contributed by atoms with Crippen molar-refractivity contribution < 1.29 is 0 Å². The van der Waals surface area contributed by atoms with E-state index in [4.69, 9.17) is 0 Å². The molecule has 0 aliphatic heterocycles. The van der Waals surface area contributed by atoms with E-state index in [1.807, 2.05) is 20.0 Å². The number of aryl methyl sites for hydroxylation is 2. The van der Waals surface area contributed by atoms with E-state index in [1.165, 1.54) is 22.3 Å². The summed E-state index contributed by atoms with van der Waals surface area (Å²) in [5.41, 5.74) is 7.97. The van der Waals surface area contributed by atoms with Crippen LogP contribution in [0.4, 0.5) is 5.82 Å². The first-order valence-corrected chi connectivity index (χ1v) is 10.4. The number of fused-ring (bicyclic) bond motifs is 1. The molecular weight excluding hydrogens is 368 g/mol. The van der Waals surface area contributed by atoms with Gasteiger partial charge in [-0.05, 0) is 67.7 Å². The van der Waals surface area contributed by atoms with Crippen molar-refractivity contribution in [1.82, 2.24) is 9.97 Å². The molecule has 0 spiro atoms. The van der Waals surface area contributed by atoms with Gasteiger partial charge in [-0.15, -0.1) is 0 Å². The second kappa shape index (κ2) is 9.97. The number of rotatable bonds is 7. The Morgan fingerprint density at radius 1 is 1.03 bits per heavy atom. The van der Waals surface area contributed by atoms with Crippen LogP contribution in [0.25, 0.3) is 22.0 Å². The van der Waals surface area contributed by atoms with Crippen LogP contribution in [0.15, 0.2) is 71.5 Å². The molecule has 0 aliphatic carbocycles. The van der Waals surface area contributed by atoms with E-state index in [0.717, 1.165) is 34.4 Å². The summed E-state index contributed by atoms with van der Waals surface area (Å²) in [6.45, 7) is 9.05. The van der Waals surface area contributed by atoms with Gasteiger partial charge in [0.1, 0.15) is 12.1 Å². The molecule has 0 saturated heterocycles. The normalized spacial score (nSPS) is 12.7. The second-order valence-electron chi connectivity index (χ2n) is 7.52. The summed E-state index contributed by atoms with van der Waals surface area (Å²) >= 11 is 0. The predicted octanol–water partition coefficient (Wildman–Crippen LogP) is 6.31. The summed E-state index contributed by atoms with van der Waals surface area (Å²) in [4.78, 5) is 13.3. The highest BCUT2D eigenvalue weighted by atomic mass is 15.0. The molecule has 4 heteroatoms. The van der Waals surface area contributed by atoms with Crippen LogP contribution in [0.3, 0.4) is 0 Å². The Bertz CT molecular complexity index is 1110. The minimum atomic E-state index is 0.696. The highest BCUT2D eigenvalue weighted by molar-refractivity contribution is 5.95. The number of anilines is 1. The average molecular weight is 399 g/mol. The summed E-state index contributed by atoms with van der Waals surface area (Å²) in [5.74, 6) is 0.855. The van der Waals surface area contributed by atoms with E-state index in [2.05, 4.69) is 89.6 Å². The van der Waals surface area contributed by atoms with Crippen LogP contribution in [-0.4, -0.2) is 29.3 Å². The molecule has 0 radical (unpaired) electrons. The van der Waals surface area contributed by atoms with Gasteiger partial charge in [-0.25, -0.2) is 9.97 Å². The van der Waals surface area contributed by atoms with E-state index < -0.39 is 0 Å². The lowest BCUT2D eigenvalue weighted by Crippen LogP contribution is -2.07. The summed E-state index contributed by atoms with van der Waals surface area (Å²) in [6, 6.07) is 13.0. The fraction of sp³-hybridized carbons (Fsp3) is 0.269. The Kier molecular flexibility index (Phi) is 7.12. The second-order valence-corrected chi connectivity index (χ2v) is 7.52. The van der Waals surface area contributed by atoms with Crippen LogP contribution in [-0.2, 0) is 0 Å². The molecule has 154 valence electrons. The number of benzene rings is 2. The highest BCUT2D eigenvalue weighted by Gasteiger charge is 2.09. The highest BCUT2D eigenvalue weighted by Crippen LogP contribution is 2.30. The number of allylic oxidation sites excluding steroid dienone is 2. The monoisotopic (exact) mass is 398 g/mol. The molecule has 0 saturated carbocycles. The maximum Gasteiger partial charge on any atom is 0.137 e. The molecule has 3 aromatic rings. The molecule has 30 heavy (non-hydrogen) atoms. The summed E-state index contributed by atoms with van der Waals surface area (Å²) in [5, 5.41) is 4.56. The maximum atomic E-state index is 4.54. The summed E-state index contributed by atoms with van der Waals surface area (Å²) in [7, 11) is 1.81. The van der Waals surface area contributed by atoms with Gasteiger partial charge in [0.05, 0.1) is 5.52 Å². The van der Waals surface area contributed by atoms with E-state index >= 15 is 0 Å². The Hall–Kier alpha value is -3.27. The van der Waals surface area contributed by atoms with Crippen LogP contribution < -0.4 is 5.32 Å². The largest absolute Gasteiger partial charge is 0.365 e. The zero-order valence-electron chi connectivity index (χ0n) is 18.5. The predicted molar refractivity (Wildman–Crippen MR) is 129 cm³/mol. The van der Waals surface area contributed by atoms with Gasteiger partial charge >= 0.3 is 0 Å². The Morgan fingerprint density at radius 3 is 2.50 bits per heavy atom. The fourth-order valence-corrected chi connectivity index (χ4v) is 3.35. The lowest BCUT2D eigenvalue weighted by atomic mass is 9.99. The Morgan fingerprint density at radius 2 is 1.80 bits per heavy atom. The van der Waals surface area contributed by atoms with Crippen molar-refractivity contribution in [3.63, 3.8) is 0 Å². The molecule has 0 atom stereocenters. The van der Waals surface area contributed by atoms with Crippen molar-refractivity contribution in [3.05, 3.63) is 77.7 Å². The standard InChI is InChI=1S/C26H30N4/c1-6-7-21(11-10-20(4)27-5)16-28-26-24-15-23(22-12-8-18(2)9-13-22)14-19(3)25(24)29-17-30-26/h7-15,17H,6,16H2,1-5H3,(H,28,29,30)/b11-10-,21-7-,27-20?. The van der Waals surface area contributed by atoms with Crippen LogP contribution in [0, 0.1) is 13.8 Å². The molecule has 0 fully saturated rings. The number of aromatic nitrogens is 2. The third-order valence-electron chi connectivity index (χ3n) is 5.13. The van der Waals surface area contributed by atoms with Gasteiger partial charge in [-0.2, -0.15) is 0 Å². The van der Waals surface area contributed by atoms with Gasteiger partial charge in [-0.3, -0.25) is 4.99 Å². The van der Waals surface area contributed by atoms with E-state index in [0.29, 0.717) is 6.54 Å². The number of hydrogen-bond acceptors (Lipinski definition) is 4. The number of nitrogens with one attached hydrogen (secondary N) is 1. The Balaban J connectivity index is 1.94. The molecule has 0 bridgehead atoms. The summed E-state index contributed by atoms with van der Waals surface area (Å²) < 4.78 is 0. The molecular formula is C26H30N4. The van der Waals surface area contributed by atoms with Crippen molar-refractivity contribution in [3.8, 4) is 11.1 Å². The SMILES string of the molecule is CC/C=C(/C=C\C(C)=NC)CNc1ncnc2c(C)cc(-c3ccc(C)cc3)cc12. The average Bonchev–Trinajstić information content (AvgIpc) is 2.76. The van der Waals surface area contributed by atoms with Crippen LogP contribution in [0.1, 0.15) is 31.4 Å². The number of nitrogens with zero attached hydrogens (tertiary/aromatic N) is 3. The van der Waals surface area contributed by atoms with E-state index in [-0.39, 0.29) is 0 Å². The van der Waals surface area contributed by atoms with Gasteiger partial charge in [0.15, 0.2) is 0 Å². The van der Waals surface area contributed by atoms with Crippen molar-refractivity contribution in [1.29, 1.82) is 0 Å². The third kappa shape index (κ3) is 5.20. The minimum absolute atomic E-state index is 0.696. The van der Waals surface area contributed by atoms with Crippen molar-refractivity contribution >= 4 is 22.4 Å². The molecule has 0 amide bonds. The maximum absolute atomic E-state index is 4.54. The molecule has 1 N–H and O–H groups in total.